The molecule has 1 aliphatic carbocycles. The van der Waals surface area contributed by atoms with Crippen molar-refractivity contribution >= 4 is 5.82 Å². The van der Waals surface area contributed by atoms with Gasteiger partial charge in [0.1, 0.15) is 5.82 Å². The van der Waals surface area contributed by atoms with Gasteiger partial charge in [-0.25, -0.2) is 4.98 Å². The van der Waals surface area contributed by atoms with Crippen LogP contribution in [0.5, 0.6) is 0 Å². The van der Waals surface area contributed by atoms with Crippen LogP contribution in [0, 0.1) is 5.92 Å². The minimum atomic E-state index is 0.701. The molecule has 0 amide bonds. The smallest absolute Gasteiger partial charge is 0.127 e. The van der Waals surface area contributed by atoms with Crippen LogP contribution in [-0.4, -0.2) is 22.5 Å². The van der Waals surface area contributed by atoms with E-state index in [4.69, 9.17) is 5.73 Å². The number of aromatic nitrogens is 1. The molecule has 3 nitrogen and oxygen atoms in total. The van der Waals surface area contributed by atoms with Gasteiger partial charge in [0.15, 0.2) is 0 Å². The third-order valence-corrected chi connectivity index (χ3v) is 4.42. The second kappa shape index (κ2) is 4.65. The van der Waals surface area contributed by atoms with E-state index in [1.165, 1.54) is 44.2 Å². The number of nitrogens with two attached hydrogens (primary N) is 1. The third kappa shape index (κ3) is 2.16. The summed E-state index contributed by atoms with van der Waals surface area (Å²) in [5.74, 6) is 1.65. The van der Waals surface area contributed by atoms with E-state index in [1.807, 2.05) is 6.07 Å². The fraction of sp³-hybridized carbons (Fsp3) is 0.643. The first-order valence-corrected chi connectivity index (χ1v) is 6.78. The van der Waals surface area contributed by atoms with Crippen molar-refractivity contribution in [3.8, 4) is 0 Å². The normalized spacial score (nSPS) is 29.2. The molecule has 2 aliphatic rings. The molecule has 0 spiro atoms. The Morgan fingerprint density at radius 3 is 3.06 bits per heavy atom. The van der Waals surface area contributed by atoms with Crippen molar-refractivity contribution in [3.05, 3.63) is 23.9 Å². The molecule has 2 fully saturated rings. The minimum Gasteiger partial charge on any atom is -0.383 e. The largest absolute Gasteiger partial charge is 0.383 e. The lowest BCUT2D eigenvalue weighted by molar-refractivity contribution is 0.176. The van der Waals surface area contributed by atoms with Gasteiger partial charge < -0.3 is 5.73 Å². The van der Waals surface area contributed by atoms with Crippen molar-refractivity contribution in [3.63, 3.8) is 0 Å². The molecule has 0 bridgehead atoms. The van der Waals surface area contributed by atoms with Crippen molar-refractivity contribution in [2.24, 2.45) is 5.92 Å². The SMILES string of the molecule is Nc1ncccc1CN1CCC2CCCCC21. The van der Waals surface area contributed by atoms with E-state index in [2.05, 4.69) is 16.0 Å². The number of nitrogens with zero attached hydrogens (tertiary/aromatic N) is 2. The molecular weight excluding hydrogens is 210 g/mol. The van der Waals surface area contributed by atoms with Crippen molar-refractivity contribution in [2.75, 3.05) is 12.3 Å². The van der Waals surface area contributed by atoms with Gasteiger partial charge in [-0.3, -0.25) is 4.90 Å². The van der Waals surface area contributed by atoms with Gasteiger partial charge in [-0.1, -0.05) is 18.9 Å². The van der Waals surface area contributed by atoms with E-state index in [0.717, 1.165) is 18.5 Å². The zero-order valence-electron chi connectivity index (χ0n) is 10.3. The van der Waals surface area contributed by atoms with Crippen LogP contribution in [0.1, 0.15) is 37.7 Å². The molecule has 92 valence electrons. The molecule has 2 atom stereocenters. The predicted octanol–water partition coefficient (Wildman–Crippen LogP) is 2.43. The summed E-state index contributed by atoms with van der Waals surface area (Å²) in [6, 6.07) is 4.90. The van der Waals surface area contributed by atoms with Gasteiger partial charge >= 0.3 is 0 Å². The first kappa shape index (κ1) is 11.0. The van der Waals surface area contributed by atoms with Crippen LogP contribution >= 0.6 is 0 Å². The molecule has 3 rings (SSSR count). The Labute approximate surface area is 103 Å². The van der Waals surface area contributed by atoms with Gasteiger partial charge in [0, 0.05) is 24.3 Å². The van der Waals surface area contributed by atoms with Crippen LogP contribution in [0.4, 0.5) is 5.82 Å². The van der Waals surface area contributed by atoms with Gasteiger partial charge in [0.05, 0.1) is 0 Å². The maximum absolute atomic E-state index is 5.93. The number of hydrogen-bond donors (Lipinski definition) is 1. The quantitative estimate of drug-likeness (QED) is 0.850. The van der Waals surface area contributed by atoms with E-state index >= 15 is 0 Å². The standard InChI is InChI=1S/C14H21N3/c15-14-12(5-3-8-16-14)10-17-9-7-11-4-1-2-6-13(11)17/h3,5,8,11,13H,1-2,4,6-7,9-10H2,(H2,15,16). The van der Waals surface area contributed by atoms with Crippen LogP contribution in [-0.2, 0) is 6.54 Å². The molecule has 2 N–H and O–H groups in total. The number of rotatable bonds is 2. The molecule has 2 unspecified atom stereocenters. The lowest BCUT2D eigenvalue weighted by Gasteiger charge is -2.31. The Hall–Kier alpha value is -1.09. The molecule has 1 saturated heterocycles. The Balaban J connectivity index is 1.71. The summed E-state index contributed by atoms with van der Waals surface area (Å²) in [5, 5.41) is 0. The second-order valence-electron chi connectivity index (χ2n) is 5.42. The molecule has 1 aromatic rings. The van der Waals surface area contributed by atoms with Gasteiger partial charge in [0.2, 0.25) is 0 Å². The highest BCUT2D eigenvalue weighted by Crippen LogP contribution is 2.37. The molecule has 0 aromatic carbocycles. The number of pyridine rings is 1. The lowest BCUT2D eigenvalue weighted by Crippen LogP contribution is -2.34. The Morgan fingerprint density at radius 1 is 1.29 bits per heavy atom. The summed E-state index contributed by atoms with van der Waals surface area (Å²) in [6.07, 6.45) is 8.80. The Kier molecular flexibility index (Phi) is 3.02. The highest BCUT2D eigenvalue weighted by molar-refractivity contribution is 5.38. The zero-order valence-corrected chi connectivity index (χ0v) is 10.3. The van der Waals surface area contributed by atoms with Crippen LogP contribution in [0.3, 0.4) is 0 Å². The molecule has 1 saturated carbocycles. The Morgan fingerprint density at radius 2 is 2.18 bits per heavy atom. The first-order chi connectivity index (χ1) is 8.34. The number of anilines is 1. The molecule has 3 heteroatoms. The maximum atomic E-state index is 5.93. The topological polar surface area (TPSA) is 42.1 Å². The van der Waals surface area contributed by atoms with Gasteiger partial charge in [-0.05, 0) is 37.8 Å². The third-order valence-electron chi connectivity index (χ3n) is 4.42. The van der Waals surface area contributed by atoms with Crippen LogP contribution < -0.4 is 5.73 Å². The summed E-state index contributed by atoms with van der Waals surface area (Å²) >= 11 is 0. The van der Waals surface area contributed by atoms with Crippen LogP contribution in [0.2, 0.25) is 0 Å². The fourth-order valence-corrected chi connectivity index (χ4v) is 3.50. The maximum Gasteiger partial charge on any atom is 0.127 e. The van der Waals surface area contributed by atoms with E-state index in [-0.39, 0.29) is 0 Å². The average Bonchev–Trinajstić information content (AvgIpc) is 2.76. The number of likely N-dealkylation sites (tertiary alicyclic amines) is 1. The van der Waals surface area contributed by atoms with E-state index in [0.29, 0.717) is 5.82 Å². The van der Waals surface area contributed by atoms with Crippen molar-refractivity contribution in [2.45, 2.75) is 44.7 Å². The van der Waals surface area contributed by atoms with Gasteiger partial charge in [-0.15, -0.1) is 0 Å². The second-order valence-corrected chi connectivity index (χ2v) is 5.42. The summed E-state index contributed by atoms with van der Waals surface area (Å²) in [6.45, 7) is 2.23. The van der Waals surface area contributed by atoms with Crippen LogP contribution in [0.25, 0.3) is 0 Å². The van der Waals surface area contributed by atoms with Gasteiger partial charge in [-0.2, -0.15) is 0 Å². The summed E-state index contributed by atoms with van der Waals surface area (Å²) in [5.41, 5.74) is 7.12. The first-order valence-electron chi connectivity index (χ1n) is 6.78. The average molecular weight is 231 g/mol. The monoisotopic (exact) mass is 231 g/mol. The van der Waals surface area contributed by atoms with Gasteiger partial charge in [0.25, 0.3) is 0 Å². The molecule has 1 aromatic heterocycles. The highest BCUT2D eigenvalue weighted by Gasteiger charge is 2.35. The Bertz CT molecular complexity index is 391. The highest BCUT2D eigenvalue weighted by atomic mass is 15.2. The molecule has 2 heterocycles. The number of hydrogen-bond acceptors (Lipinski definition) is 3. The summed E-state index contributed by atoms with van der Waals surface area (Å²) in [7, 11) is 0. The van der Waals surface area contributed by atoms with E-state index < -0.39 is 0 Å². The fourth-order valence-electron chi connectivity index (χ4n) is 3.50. The van der Waals surface area contributed by atoms with E-state index in [1.54, 1.807) is 6.20 Å². The van der Waals surface area contributed by atoms with Crippen molar-refractivity contribution in [1.29, 1.82) is 0 Å². The van der Waals surface area contributed by atoms with Crippen LogP contribution in [0.15, 0.2) is 18.3 Å². The van der Waals surface area contributed by atoms with Crippen molar-refractivity contribution < 1.29 is 0 Å². The van der Waals surface area contributed by atoms with E-state index in [9.17, 15) is 0 Å². The zero-order chi connectivity index (χ0) is 11.7. The molecule has 1 aliphatic heterocycles. The molecular formula is C14H21N3. The molecule has 17 heavy (non-hydrogen) atoms. The number of fused-ring (bicyclic) bond motifs is 1. The summed E-state index contributed by atoms with van der Waals surface area (Å²) < 4.78 is 0. The predicted molar refractivity (Wildman–Crippen MR) is 69.4 cm³/mol. The van der Waals surface area contributed by atoms with Crippen molar-refractivity contribution in [1.82, 2.24) is 9.88 Å². The minimum absolute atomic E-state index is 0.701. The summed E-state index contributed by atoms with van der Waals surface area (Å²) in [4.78, 5) is 6.80. The number of nitrogen functional groups attached to an aromatic ring is 1. The lowest BCUT2D eigenvalue weighted by atomic mass is 9.85. The molecule has 0 radical (unpaired) electrons.